The van der Waals surface area contributed by atoms with Gasteiger partial charge in [0.25, 0.3) is 0 Å². The molecule has 2 aromatic rings. The molecule has 1 aliphatic rings. The van der Waals surface area contributed by atoms with Crippen LogP contribution in [0.2, 0.25) is 0 Å². The second-order valence-corrected chi connectivity index (χ2v) is 9.20. The van der Waals surface area contributed by atoms with Gasteiger partial charge in [-0.25, -0.2) is 8.42 Å². The molecule has 3 rings (SSSR count). The van der Waals surface area contributed by atoms with E-state index in [1.165, 1.54) is 5.56 Å². The Morgan fingerprint density at radius 1 is 0.964 bits per heavy atom. The first-order valence-corrected chi connectivity index (χ1v) is 11.4. The molecular formula is C22H27N3O2S. The molecule has 1 saturated heterocycles. The van der Waals surface area contributed by atoms with Crippen molar-refractivity contribution in [1.82, 2.24) is 9.21 Å². The first-order chi connectivity index (χ1) is 13.5. The van der Waals surface area contributed by atoms with Crippen LogP contribution in [0, 0.1) is 11.3 Å². The van der Waals surface area contributed by atoms with E-state index in [0.29, 0.717) is 32.6 Å². The van der Waals surface area contributed by atoms with Gasteiger partial charge in [0, 0.05) is 26.2 Å². The third kappa shape index (κ3) is 4.99. The Morgan fingerprint density at radius 2 is 1.61 bits per heavy atom. The van der Waals surface area contributed by atoms with Crippen LogP contribution < -0.4 is 0 Å². The highest BCUT2D eigenvalue weighted by Gasteiger charge is 2.30. The molecule has 6 heteroatoms. The molecule has 0 bridgehead atoms. The number of piperazine rings is 1. The molecule has 28 heavy (non-hydrogen) atoms. The Labute approximate surface area is 168 Å². The maximum atomic E-state index is 12.7. The minimum absolute atomic E-state index is 0.122. The van der Waals surface area contributed by atoms with Gasteiger partial charge in [-0.3, -0.25) is 4.90 Å². The van der Waals surface area contributed by atoms with Gasteiger partial charge < -0.3 is 0 Å². The third-order valence-corrected chi connectivity index (χ3v) is 7.22. The van der Waals surface area contributed by atoms with Crippen LogP contribution in [-0.2, 0) is 22.9 Å². The van der Waals surface area contributed by atoms with Crippen LogP contribution in [0.15, 0.2) is 54.6 Å². The van der Waals surface area contributed by atoms with Gasteiger partial charge >= 0.3 is 0 Å². The molecule has 1 unspecified atom stereocenters. The van der Waals surface area contributed by atoms with Crippen molar-refractivity contribution in [1.29, 1.82) is 5.26 Å². The number of sulfonamides is 1. The first-order valence-electron chi connectivity index (χ1n) is 9.77. The van der Waals surface area contributed by atoms with Gasteiger partial charge in [-0.15, -0.1) is 0 Å². The van der Waals surface area contributed by atoms with Crippen molar-refractivity contribution in [3.8, 4) is 6.07 Å². The summed E-state index contributed by atoms with van der Waals surface area (Å²) in [5.74, 6) is 0.122. The average molecular weight is 398 g/mol. The van der Waals surface area contributed by atoms with E-state index in [2.05, 4.69) is 30.0 Å². The second-order valence-electron chi connectivity index (χ2n) is 7.11. The molecular weight excluding hydrogens is 370 g/mol. The van der Waals surface area contributed by atoms with Crippen LogP contribution >= 0.6 is 0 Å². The minimum atomic E-state index is -3.29. The highest BCUT2D eigenvalue weighted by molar-refractivity contribution is 7.89. The lowest BCUT2D eigenvalue weighted by atomic mass is 10.0. The Bertz CT molecular complexity index is 897. The summed E-state index contributed by atoms with van der Waals surface area (Å²) < 4.78 is 26.9. The van der Waals surface area contributed by atoms with E-state index in [1.54, 1.807) is 4.31 Å². The van der Waals surface area contributed by atoms with Crippen molar-refractivity contribution in [3.05, 3.63) is 71.3 Å². The van der Waals surface area contributed by atoms with E-state index in [-0.39, 0.29) is 11.8 Å². The topological polar surface area (TPSA) is 64.4 Å². The molecule has 0 aromatic heterocycles. The van der Waals surface area contributed by atoms with Gasteiger partial charge in [0.1, 0.15) is 6.04 Å². The Hall–Kier alpha value is -2.20. The number of rotatable bonds is 7. The maximum absolute atomic E-state index is 12.7. The summed E-state index contributed by atoms with van der Waals surface area (Å²) in [6.45, 7) is 4.11. The predicted octanol–water partition coefficient (Wildman–Crippen LogP) is 3.00. The molecule has 2 aromatic carbocycles. The molecule has 0 radical (unpaired) electrons. The largest absolute Gasteiger partial charge is 0.282 e. The van der Waals surface area contributed by atoms with E-state index in [9.17, 15) is 13.7 Å². The average Bonchev–Trinajstić information content (AvgIpc) is 2.74. The highest BCUT2D eigenvalue weighted by Crippen LogP contribution is 2.23. The van der Waals surface area contributed by atoms with E-state index in [4.69, 9.17) is 0 Å². The van der Waals surface area contributed by atoms with Crippen LogP contribution in [0.4, 0.5) is 0 Å². The molecule has 1 aliphatic heterocycles. The Balaban J connectivity index is 1.58. The van der Waals surface area contributed by atoms with Crippen molar-refractivity contribution in [2.45, 2.75) is 25.8 Å². The SMILES string of the molecule is CCc1ccc(C(C#N)N2CCN(S(=O)(=O)CCc3ccccc3)CC2)cc1. The zero-order valence-corrected chi connectivity index (χ0v) is 17.1. The molecule has 0 aliphatic carbocycles. The van der Waals surface area contributed by atoms with Crippen molar-refractivity contribution >= 4 is 10.0 Å². The molecule has 0 amide bonds. The van der Waals surface area contributed by atoms with Gasteiger partial charge in [-0.1, -0.05) is 61.5 Å². The number of aryl methyl sites for hydroxylation is 2. The minimum Gasteiger partial charge on any atom is -0.282 e. The number of hydrogen-bond acceptors (Lipinski definition) is 4. The molecule has 1 heterocycles. The fraction of sp³-hybridized carbons (Fsp3) is 0.409. The normalized spacial score (nSPS) is 17.1. The van der Waals surface area contributed by atoms with E-state index < -0.39 is 10.0 Å². The maximum Gasteiger partial charge on any atom is 0.214 e. The summed E-state index contributed by atoms with van der Waals surface area (Å²) in [6, 6.07) is 19.9. The molecule has 5 nitrogen and oxygen atoms in total. The number of hydrogen-bond donors (Lipinski definition) is 0. The van der Waals surface area contributed by atoms with Crippen molar-refractivity contribution in [2.75, 3.05) is 31.9 Å². The predicted molar refractivity (Wildman–Crippen MR) is 111 cm³/mol. The summed E-state index contributed by atoms with van der Waals surface area (Å²) >= 11 is 0. The monoisotopic (exact) mass is 397 g/mol. The lowest BCUT2D eigenvalue weighted by Crippen LogP contribution is -2.50. The van der Waals surface area contributed by atoms with Crippen LogP contribution in [0.1, 0.15) is 29.7 Å². The van der Waals surface area contributed by atoms with Crippen LogP contribution in [-0.4, -0.2) is 49.6 Å². The van der Waals surface area contributed by atoms with Gasteiger partial charge in [0.15, 0.2) is 0 Å². The number of benzene rings is 2. The third-order valence-electron chi connectivity index (χ3n) is 5.35. The molecule has 0 N–H and O–H groups in total. The quantitative estimate of drug-likeness (QED) is 0.720. The van der Waals surface area contributed by atoms with Crippen molar-refractivity contribution < 1.29 is 8.42 Å². The fourth-order valence-electron chi connectivity index (χ4n) is 3.56. The van der Waals surface area contributed by atoms with E-state index in [1.807, 2.05) is 42.5 Å². The Kier molecular flexibility index (Phi) is 6.84. The van der Waals surface area contributed by atoms with Crippen molar-refractivity contribution in [3.63, 3.8) is 0 Å². The summed E-state index contributed by atoms with van der Waals surface area (Å²) in [5.41, 5.74) is 3.25. The zero-order valence-electron chi connectivity index (χ0n) is 16.3. The summed E-state index contributed by atoms with van der Waals surface area (Å²) in [6.07, 6.45) is 1.49. The molecule has 1 atom stereocenters. The molecule has 0 saturated carbocycles. The van der Waals surface area contributed by atoms with Gasteiger partial charge in [-0.05, 0) is 29.5 Å². The van der Waals surface area contributed by atoms with E-state index >= 15 is 0 Å². The van der Waals surface area contributed by atoms with E-state index in [0.717, 1.165) is 17.5 Å². The highest BCUT2D eigenvalue weighted by atomic mass is 32.2. The van der Waals surface area contributed by atoms with Gasteiger partial charge in [-0.2, -0.15) is 9.57 Å². The summed E-state index contributed by atoms with van der Waals surface area (Å²) in [5, 5.41) is 9.67. The number of nitrogens with zero attached hydrogens (tertiary/aromatic N) is 3. The summed E-state index contributed by atoms with van der Waals surface area (Å²) in [4.78, 5) is 2.07. The van der Waals surface area contributed by atoms with Crippen LogP contribution in [0.5, 0.6) is 0 Å². The zero-order chi connectivity index (χ0) is 20.0. The van der Waals surface area contributed by atoms with Crippen molar-refractivity contribution in [2.24, 2.45) is 0 Å². The first kappa shape index (κ1) is 20.5. The number of nitriles is 1. The second kappa shape index (κ2) is 9.33. The fourth-order valence-corrected chi connectivity index (χ4v) is 5.03. The molecule has 148 valence electrons. The van der Waals surface area contributed by atoms with Gasteiger partial charge in [0.05, 0.1) is 11.8 Å². The summed E-state index contributed by atoms with van der Waals surface area (Å²) in [7, 11) is -3.29. The lowest BCUT2D eigenvalue weighted by Gasteiger charge is -2.36. The standard InChI is InChI=1S/C22H27N3O2S/c1-2-19-8-10-21(11-9-19)22(18-23)24-13-15-25(16-14-24)28(26,27)17-12-20-6-4-3-5-7-20/h3-11,22H,2,12-17H2,1H3. The Morgan fingerprint density at radius 3 is 2.18 bits per heavy atom. The molecule has 0 spiro atoms. The van der Waals surface area contributed by atoms with Crippen LogP contribution in [0.25, 0.3) is 0 Å². The lowest BCUT2D eigenvalue weighted by molar-refractivity contribution is 0.162. The smallest absolute Gasteiger partial charge is 0.214 e. The van der Waals surface area contributed by atoms with Gasteiger partial charge in [0.2, 0.25) is 10.0 Å². The molecule has 1 fully saturated rings. The van der Waals surface area contributed by atoms with Crippen LogP contribution in [0.3, 0.4) is 0 Å².